The number of piperidine rings is 1. The molecule has 0 unspecified atom stereocenters. The topological polar surface area (TPSA) is 18.5 Å². The van der Waals surface area contributed by atoms with E-state index in [2.05, 4.69) is 36.0 Å². The minimum Gasteiger partial charge on any atom is -0.313 e. The summed E-state index contributed by atoms with van der Waals surface area (Å²) in [5, 5.41) is 3.66. The van der Waals surface area contributed by atoms with Crippen LogP contribution in [0.4, 0.5) is 0 Å². The van der Waals surface area contributed by atoms with E-state index in [1.807, 2.05) is 0 Å². The number of nitrogens with zero attached hydrogens (tertiary/aromatic N) is 2. The van der Waals surface area contributed by atoms with Gasteiger partial charge in [0.25, 0.3) is 0 Å². The number of likely N-dealkylation sites (N-methyl/N-ethyl adjacent to an activating group) is 1. The van der Waals surface area contributed by atoms with E-state index in [1.165, 1.54) is 39.0 Å². The summed E-state index contributed by atoms with van der Waals surface area (Å²) >= 11 is 0. The highest BCUT2D eigenvalue weighted by molar-refractivity contribution is 4.76. The van der Waals surface area contributed by atoms with Gasteiger partial charge in [0.05, 0.1) is 0 Å². The Morgan fingerprint density at radius 3 is 2.47 bits per heavy atom. The zero-order valence-electron chi connectivity index (χ0n) is 10.6. The monoisotopic (exact) mass is 213 g/mol. The Bertz CT molecular complexity index is 153. The SMILES string of the molecule is CCN(C)CCNC1CCN(CC)CC1. The molecular formula is C12H27N3. The van der Waals surface area contributed by atoms with Crippen molar-refractivity contribution in [3.8, 4) is 0 Å². The molecule has 0 atom stereocenters. The predicted octanol–water partition coefficient (Wildman–Crippen LogP) is 1.01. The normalized spacial score (nSPS) is 20.0. The van der Waals surface area contributed by atoms with E-state index in [0.717, 1.165) is 19.1 Å². The van der Waals surface area contributed by atoms with Gasteiger partial charge in [0.2, 0.25) is 0 Å². The van der Waals surface area contributed by atoms with Gasteiger partial charge < -0.3 is 15.1 Å². The maximum atomic E-state index is 3.66. The van der Waals surface area contributed by atoms with Crippen molar-refractivity contribution < 1.29 is 0 Å². The van der Waals surface area contributed by atoms with Crippen LogP contribution in [0.1, 0.15) is 26.7 Å². The largest absolute Gasteiger partial charge is 0.313 e. The maximum absolute atomic E-state index is 3.66. The number of hydrogen-bond donors (Lipinski definition) is 1. The van der Waals surface area contributed by atoms with Gasteiger partial charge in [0, 0.05) is 19.1 Å². The number of nitrogens with one attached hydrogen (secondary N) is 1. The molecule has 0 bridgehead atoms. The van der Waals surface area contributed by atoms with Crippen molar-refractivity contribution in [3.05, 3.63) is 0 Å². The average Bonchev–Trinajstić information content (AvgIpc) is 2.29. The highest BCUT2D eigenvalue weighted by Gasteiger charge is 2.16. The van der Waals surface area contributed by atoms with E-state index >= 15 is 0 Å². The molecule has 1 aliphatic rings. The van der Waals surface area contributed by atoms with Crippen LogP contribution in [0.25, 0.3) is 0 Å². The molecule has 0 spiro atoms. The summed E-state index contributed by atoms with van der Waals surface area (Å²) in [6.45, 7) is 11.7. The van der Waals surface area contributed by atoms with Crippen LogP contribution < -0.4 is 5.32 Å². The molecule has 0 amide bonds. The van der Waals surface area contributed by atoms with Gasteiger partial charge in [-0.05, 0) is 46.1 Å². The molecule has 0 aromatic rings. The Hall–Kier alpha value is -0.120. The van der Waals surface area contributed by atoms with Crippen molar-refractivity contribution in [3.63, 3.8) is 0 Å². The summed E-state index contributed by atoms with van der Waals surface area (Å²) in [5.41, 5.74) is 0. The first-order chi connectivity index (χ1) is 7.26. The van der Waals surface area contributed by atoms with Gasteiger partial charge in [0.1, 0.15) is 0 Å². The zero-order chi connectivity index (χ0) is 11.1. The first kappa shape index (κ1) is 12.9. The first-order valence-corrected chi connectivity index (χ1v) is 6.40. The molecule has 0 aromatic heterocycles. The van der Waals surface area contributed by atoms with E-state index in [9.17, 15) is 0 Å². The molecule has 1 saturated heterocycles. The van der Waals surface area contributed by atoms with E-state index in [0.29, 0.717) is 0 Å². The Morgan fingerprint density at radius 1 is 1.27 bits per heavy atom. The van der Waals surface area contributed by atoms with Crippen LogP contribution in [-0.2, 0) is 0 Å². The lowest BCUT2D eigenvalue weighted by atomic mass is 10.1. The number of likely N-dealkylation sites (tertiary alicyclic amines) is 1. The Morgan fingerprint density at radius 2 is 1.93 bits per heavy atom. The lowest BCUT2D eigenvalue weighted by molar-refractivity contribution is 0.203. The van der Waals surface area contributed by atoms with Gasteiger partial charge in [-0.1, -0.05) is 13.8 Å². The van der Waals surface area contributed by atoms with Crippen LogP contribution in [0.3, 0.4) is 0 Å². The first-order valence-electron chi connectivity index (χ1n) is 6.40. The van der Waals surface area contributed by atoms with E-state index in [-0.39, 0.29) is 0 Å². The molecular weight excluding hydrogens is 186 g/mol. The molecule has 3 nitrogen and oxygen atoms in total. The van der Waals surface area contributed by atoms with Gasteiger partial charge in [-0.2, -0.15) is 0 Å². The van der Waals surface area contributed by atoms with Crippen molar-refractivity contribution in [2.75, 3.05) is 46.3 Å². The fraction of sp³-hybridized carbons (Fsp3) is 1.00. The van der Waals surface area contributed by atoms with E-state index in [4.69, 9.17) is 0 Å². The molecule has 0 aromatic carbocycles. The fourth-order valence-corrected chi connectivity index (χ4v) is 2.07. The third-order valence-corrected chi connectivity index (χ3v) is 3.50. The molecule has 1 heterocycles. The molecule has 90 valence electrons. The highest BCUT2D eigenvalue weighted by Crippen LogP contribution is 2.09. The van der Waals surface area contributed by atoms with Crippen molar-refractivity contribution in [2.24, 2.45) is 0 Å². The van der Waals surface area contributed by atoms with Crippen LogP contribution in [0.5, 0.6) is 0 Å². The molecule has 1 aliphatic heterocycles. The molecule has 1 N–H and O–H groups in total. The standard InChI is InChI=1S/C12H27N3/c1-4-14(3)11-8-13-12-6-9-15(5-2)10-7-12/h12-13H,4-11H2,1-3H3. The van der Waals surface area contributed by atoms with Crippen molar-refractivity contribution in [2.45, 2.75) is 32.7 Å². The lowest BCUT2D eigenvalue weighted by Gasteiger charge is -2.31. The van der Waals surface area contributed by atoms with E-state index < -0.39 is 0 Å². The van der Waals surface area contributed by atoms with Gasteiger partial charge in [-0.15, -0.1) is 0 Å². The van der Waals surface area contributed by atoms with Crippen LogP contribution in [0, 0.1) is 0 Å². The van der Waals surface area contributed by atoms with Crippen molar-refractivity contribution >= 4 is 0 Å². The molecule has 3 heteroatoms. The van der Waals surface area contributed by atoms with Crippen LogP contribution in [0.2, 0.25) is 0 Å². The van der Waals surface area contributed by atoms with Crippen LogP contribution in [0.15, 0.2) is 0 Å². The quantitative estimate of drug-likeness (QED) is 0.710. The average molecular weight is 213 g/mol. The fourth-order valence-electron chi connectivity index (χ4n) is 2.07. The van der Waals surface area contributed by atoms with Gasteiger partial charge in [-0.25, -0.2) is 0 Å². The van der Waals surface area contributed by atoms with Crippen LogP contribution >= 0.6 is 0 Å². The van der Waals surface area contributed by atoms with Crippen LogP contribution in [-0.4, -0.2) is 62.2 Å². The highest BCUT2D eigenvalue weighted by atomic mass is 15.1. The second kappa shape index (κ2) is 7.20. The molecule has 15 heavy (non-hydrogen) atoms. The van der Waals surface area contributed by atoms with Gasteiger partial charge in [0.15, 0.2) is 0 Å². The third kappa shape index (κ3) is 4.96. The summed E-state index contributed by atoms with van der Waals surface area (Å²) < 4.78 is 0. The minimum absolute atomic E-state index is 0.762. The van der Waals surface area contributed by atoms with Gasteiger partial charge in [-0.3, -0.25) is 0 Å². The molecule has 0 saturated carbocycles. The summed E-state index contributed by atoms with van der Waals surface area (Å²) in [6.07, 6.45) is 2.65. The summed E-state index contributed by atoms with van der Waals surface area (Å²) in [6, 6.07) is 0.762. The Balaban J connectivity index is 2.03. The second-order valence-corrected chi connectivity index (χ2v) is 4.56. The summed E-state index contributed by atoms with van der Waals surface area (Å²) in [5.74, 6) is 0. The Labute approximate surface area is 94.8 Å². The molecule has 0 aliphatic carbocycles. The molecule has 0 radical (unpaired) electrons. The molecule has 1 fully saturated rings. The number of rotatable bonds is 6. The second-order valence-electron chi connectivity index (χ2n) is 4.56. The maximum Gasteiger partial charge on any atom is 0.0104 e. The predicted molar refractivity (Wildman–Crippen MR) is 66.3 cm³/mol. The third-order valence-electron chi connectivity index (χ3n) is 3.50. The van der Waals surface area contributed by atoms with E-state index in [1.54, 1.807) is 0 Å². The number of hydrogen-bond acceptors (Lipinski definition) is 3. The summed E-state index contributed by atoms with van der Waals surface area (Å²) in [4.78, 5) is 4.89. The smallest absolute Gasteiger partial charge is 0.0104 e. The Kier molecular flexibility index (Phi) is 6.22. The molecule has 1 rings (SSSR count). The van der Waals surface area contributed by atoms with Crippen molar-refractivity contribution in [1.82, 2.24) is 15.1 Å². The summed E-state index contributed by atoms with van der Waals surface area (Å²) in [7, 11) is 2.18. The lowest BCUT2D eigenvalue weighted by Crippen LogP contribution is -2.44. The zero-order valence-corrected chi connectivity index (χ0v) is 10.6. The van der Waals surface area contributed by atoms with Gasteiger partial charge >= 0.3 is 0 Å². The van der Waals surface area contributed by atoms with Crippen molar-refractivity contribution in [1.29, 1.82) is 0 Å². The minimum atomic E-state index is 0.762.